The predicted molar refractivity (Wildman–Crippen MR) is 131 cm³/mol. The van der Waals surface area contributed by atoms with Gasteiger partial charge in [-0.1, -0.05) is 23.8 Å². The summed E-state index contributed by atoms with van der Waals surface area (Å²) in [6, 6.07) is 2.15. The number of nitrogens with two attached hydrogens (primary N) is 1. The lowest BCUT2D eigenvalue weighted by Gasteiger charge is -2.35. The third-order valence-corrected chi connectivity index (χ3v) is 7.19. The standard InChI is InChI=1S/C25H31ClN6O/c1-16-6-5-7-19(20(26)12-16)25(33)31-10-4-3-8-22(31)21-13-23-28-24(17(2)14-32(23)29-21)30-11-9-18(27)15-30/h5-6,12-14,18,22H,3-4,7-11,15,27H2,1-2H3/t18-,22-/m0/s1. The maximum Gasteiger partial charge on any atom is 0.252 e. The van der Waals surface area contributed by atoms with E-state index in [1.54, 1.807) is 0 Å². The quantitative estimate of drug-likeness (QED) is 0.738. The van der Waals surface area contributed by atoms with Gasteiger partial charge in [0.1, 0.15) is 5.82 Å². The number of piperidine rings is 1. The second-order valence-electron chi connectivity index (χ2n) is 9.45. The van der Waals surface area contributed by atoms with Gasteiger partial charge in [0.05, 0.1) is 11.7 Å². The van der Waals surface area contributed by atoms with Crippen molar-refractivity contribution < 1.29 is 4.79 Å². The SMILES string of the molecule is CC1=CC(Cl)=C(C(=O)N2CCCC[C@H]2c2cc3nc(N4CC[C@H](N)C4)c(C)cn3n2)CC=C1. The number of carbonyl (C=O) groups is 1. The zero-order chi connectivity index (χ0) is 23.1. The summed E-state index contributed by atoms with van der Waals surface area (Å²) in [5.41, 5.74) is 10.6. The van der Waals surface area contributed by atoms with E-state index in [0.29, 0.717) is 23.6 Å². The van der Waals surface area contributed by atoms with Gasteiger partial charge < -0.3 is 15.5 Å². The van der Waals surface area contributed by atoms with Gasteiger partial charge in [0.25, 0.3) is 5.91 Å². The molecule has 2 N–H and O–H groups in total. The van der Waals surface area contributed by atoms with Crippen LogP contribution in [0.1, 0.15) is 56.3 Å². The lowest BCUT2D eigenvalue weighted by atomic mass is 9.97. The van der Waals surface area contributed by atoms with Crippen molar-refractivity contribution in [2.45, 2.75) is 58.0 Å². The van der Waals surface area contributed by atoms with Crippen LogP contribution in [0.5, 0.6) is 0 Å². The number of likely N-dealkylation sites (tertiary alicyclic amines) is 1. The normalized spacial score (nSPS) is 23.9. The average Bonchev–Trinajstić information content (AvgIpc) is 3.36. The van der Waals surface area contributed by atoms with Gasteiger partial charge in [-0.3, -0.25) is 4.79 Å². The predicted octanol–water partition coefficient (Wildman–Crippen LogP) is 4.03. The summed E-state index contributed by atoms with van der Waals surface area (Å²) in [5.74, 6) is 0.982. The van der Waals surface area contributed by atoms with Crippen molar-refractivity contribution in [1.82, 2.24) is 19.5 Å². The molecule has 0 radical (unpaired) electrons. The Kier molecular flexibility index (Phi) is 6.01. The van der Waals surface area contributed by atoms with E-state index in [-0.39, 0.29) is 18.0 Å². The van der Waals surface area contributed by atoms with Gasteiger partial charge in [0, 0.05) is 54.1 Å². The number of halogens is 1. The van der Waals surface area contributed by atoms with Crippen molar-refractivity contribution in [2.24, 2.45) is 5.73 Å². The first-order valence-electron chi connectivity index (χ1n) is 11.8. The van der Waals surface area contributed by atoms with Crippen molar-refractivity contribution in [3.8, 4) is 0 Å². The Morgan fingerprint density at radius 3 is 2.85 bits per heavy atom. The number of anilines is 1. The minimum atomic E-state index is -0.0776. The van der Waals surface area contributed by atoms with Crippen LogP contribution in [0, 0.1) is 6.92 Å². The van der Waals surface area contributed by atoms with Crippen molar-refractivity contribution in [3.05, 3.63) is 57.9 Å². The molecule has 0 bridgehead atoms. The van der Waals surface area contributed by atoms with Crippen molar-refractivity contribution in [3.63, 3.8) is 0 Å². The van der Waals surface area contributed by atoms with Crippen LogP contribution in [0.3, 0.4) is 0 Å². The van der Waals surface area contributed by atoms with Gasteiger partial charge in [-0.25, -0.2) is 9.50 Å². The summed E-state index contributed by atoms with van der Waals surface area (Å²) in [5, 5.41) is 5.38. The number of hydrogen-bond acceptors (Lipinski definition) is 5. The smallest absolute Gasteiger partial charge is 0.252 e. The lowest BCUT2D eigenvalue weighted by Crippen LogP contribution is -2.39. The van der Waals surface area contributed by atoms with Crippen LogP contribution in [0.25, 0.3) is 5.65 Å². The van der Waals surface area contributed by atoms with Gasteiger partial charge in [0.2, 0.25) is 0 Å². The number of rotatable bonds is 3. The molecule has 8 heteroatoms. The number of carbonyl (C=O) groups excluding carboxylic acids is 1. The Bertz CT molecular complexity index is 1180. The van der Waals surface area contributed by atoms with E-state index in [4.69, 9.17) is 27.4 Å². The van der Waals surface area contributed by atoms with Gasteiger partial charge in [0.15, 0.2) is 5.65 Å². The summed E-state index contributed by atoms with van der Waals surface area (Å²) in [7, 11) is 0. The highest BCUT2D eigenvalue weighted by atomic mass is 35.5. The van der Waals surface area contributed by atoms with Crippen molar-refractivity contribution in [2.75, 3.05) is 24.5 Å². The number of aromatic nitrogens is 3. The molecule has 174 valence electrons. The van der Waals surface area contributed by atoms with Crippen LogP contribution in [-0.4, -0.2) is 51.1 Å². The largest absolute Gasteiger partial charge is 0.355 e. The van der Waals surface area contributed by atoms with Crippen LogP contribution in [0.2, 0.25) is 0 Å². The minimum Gasteiger partial charge on any atom is -0.355 e. The van der Waals surface area contributed by atoms with Crippen LogP contribution in [0.4, 0.5) is 5.82 Å². The van der Waals surface area contributed by atoms with Gasteiger partial charge >= 0.3 is 0 Å². The van der Waals surface area contributed by atoms with Crippen LogP contribution in [0.15, 0.2) is 46.7 Å². The second-order valence-corrected chi connectivity index (χ2v) is 9.85. The monoisotopic (exact) mass is 466 g/mol. The second kappa shape index (κ2) is 8.95. The fourth-order valence-electron chi connectivity index (χ4n) is 5.12. The highest BCUT2D eigenvalue weighted by molar-refractivity contribution is 6.33. The van der Waals surface area contributed by atoms with Gasteiger partial charge in [-0.2, -0.15) is 5.10 Å². The molecule has 0 aromatic carbocycles. The summed E-state index contributed by atoms with van der Waals surface area (Å²) < 4.78 is 1.84. The average molecular weight is 467 g/mol. The first kappa shape index (κ1) is 22.2. The van der Waals surface area contributed by atoms with Crippen LogP contribution >= 0.6 is 11.6 Å². The Hall–Kier alpha value is -2.64. The van der Waals surface area contributed by atoms with E-state index in [1.807, 2.05) is 46.8 Å². The Labute approximate surface area is 199 Å². The maximum absolute atomic E-state index is 13.6. The molecule has 0 saturated carbocycles. The van der Waals surface area contributed by atoms with Crippen molar-refractivity contribution >= 4 is 29.0 Å². The highest BCUT2D eigenvalue weighted by Gasteiger charge is 2.32. The molecule has 2 atom stereocenters. The molecule has 7 nitrogen and oxygen atoms in total. The molecule has 2 aromatic rings. The van der Waals surface area contributed by atoms with E-state index in [0.717, 1.165) is 67.1 Å². The summed E-state index contributed by atoms with van der Waals surface area (Å²) in [6.07, 6.45) is 12.4. The number of aryl methyl sites for hydroxylation is 1. The zero-order valence-corrected chi connectivity index (χ0v) is 20.1. The first-order valence-corrected chi connectivity index (χ1v) is 12.2. The molecule has 0 spiro atoms. The summed E-state index contributed by atoms with van der Waals surface area (Å²) >= 11 is 6.53. The van der Waals surface area contributed by atoms with E-state index in [9.17, 15) is 4.79 Å². The Morgan fingerprint density at radius 2 is 2.06 bits per heavy atom. The molecule has 2 aromatic heterocycles. The summed E-state index contributed by atoms with van der Waals surface area (Å²) in [4.78, 5) is 22.7. The van der Waals surface area contributed by atoms with Crippen LogP contribution < -0.4 is 10.6 Å². The van der Waals surface area contributed by atoms with E-state index >= 15 is 0 Å². The molecule has 2 saturated heterocycles. The molecule has 2 fully saturated rings. The van der Waals surface area contributed by atoms with Crippen LogP contribution in [-0.2, 0) is 4.79 Å². The number of fused-ring (bicyclic) bond motifs is 1. The molecule has 1 aliphatic carbocycles. The molecule has 2 aliphatic heterocycles. The molecular weight excluding hydrogens is 436 g/mol. The van der Waals surface area contributed by atoms with E-state index < -0.39 is 0 Å². The molecular formula is C25H31ClN6O. The lowest BCUT2D eigenvalue weighted by molar-refractivity contribution is -0.131. The maximum atomic E-state index is 13.6. The third kappa shape index (κ3) is 4.32. The van der Waals surface area contributed by atoms with E-state index in [2.05, 4.69) is 11.8 Å². The Morgan fingerprint density at radius 1 is 1.21 bits per heavy atom. The number of allylic oxidation sites excluding steroid dienone is 5. The number of nitrogens with zero attached hydrogens (tertiary/aromatic N) is 5. The first-order chi connectivity index (χ1) is 15.9. The fraction of sp³-hybridized carbons (Fsp3) is 0.480. The van der Waals surface area contributed by atoms with Gasteiger partial charge in [-0.15, -0.1) is 0 Å². The molecule has 0 unspecified atom stereocenters. The van der Waals surface area contributed by atoms with Crippen molar-refractivity contribution in [1.29, 1.82) is 0 Å². The van der Waals surface area contributed by atoms with Gasteiger partial charge in [-0.05, 0) is 57.6 Å². The summed E-state index contributed by atoms with van der Waals surface area (Å²) in [6.45, 7) is 6.52. The fourth-order valence-corrected chi connectivity index (χ4v) is 5.45. The number of hydrogen-bond donors (Lipinski definition) is 1. The topological polar surface area (TPSA) is 79.8 Å². The third-order valence-electron chi connectivity index (χ3n) is 6.86. The molecule has 1 amide bonds. The Balaban J connectivity index is 1.47. The number of amides is 1. The minimum absolute atomic E-state index is 0.00763. The molecule has 33 heavy (non-hydrogen) atoms. The molecule has 4 heterocycles. The molecule has 3 aliphatic rings. The highest BCUT2D eigenvalue weighted by Crippen LogP contribution is 2.34. The van der Waals surface area contributed by atoms with E-state index in [1.165, 1.54) is 0 Å². The molecule has 5 rings (SSSR count). The zero-order valence-electron chi connectivity index (χ0n) is 19.3.